The fraction of sp³-hybridized carbons (Fsp3) is 0.100. The number of rotatable bonds is 4. The first-order valence-electron chi connectivity index (χ1n) is 8.02. The van der Waals surface area contributed by atoms with Crippen molar-refractivity contribution in [2.75, 3.05) is 23.9 Å². The number of carbonyl (C=O) groups is 2. The lowest BCUT2D eigenvalue weighted by atomic mass is 10.2. The standard InChI is InChI=1S/C20H18ClN3O2/c1-23(2)16-11-9-14(10-12-16)5-3-8-18-19(25)24(20(26)22-18)17-7-4-6-15(21)13-17/h3-13H,1-2H3,(H,22,26)/b5-3+,18-8+. The molecule has 2 aromatic rings. The first-order valence-corrected chi connectivity index (χ1v) is 8.40. The predicted octanol–water partition coefficient (Wildman–Crippen LogP) is 4.06. The van der Waals surface area contributed by atoms with Crippen LogP contribution in [-0.4, -0.2) is 26.0 Å². The van der Waals surface area contributed by atoms with E-state index in [4.69, 9.17) is 11.6 Å². The Labute approximate surface area is 157 Å². The van der Waals surface area contributed by atoms with Crippen LogP contribution in [-0.2, 0) is 4.79 Å². The molecule has 1 saturated heterocycles. The number of nitrogens with zero attached hydrogens (tertiary/aromatic N) is 2. The second-order valence-electron chi connectivity index (χ2n) is 5.98. The van der Waals surface area contributed by atoms with Crippen LogP contribution in [0.15, 0.2) is 66.4 Å². The number of imide groups is 1. The molecule has 1 N–H and O–H groups in total. The summed E-state index contributed by atoms with van der Waals surface area (Å²) in [6.07, 6.45) is 5.19. The Balaban J connectivity index is 1.75. The molecule has 26 heavy (non-hydrogen) atoms. The Morgan fingerprint density at radius 3 is 2.46 bits per heavy atom. The Kier molecular flexibility index (Phi) is 5.09. The fourth-order valence-electron chi connectivity index (χ4n) is 2.54. The largest absolute Gasteiger partial charge is 0.378 e. The van der Waals surface area contributed by atoms with Crippen molar-refractivity contribution >= 4 is 41.0 Å². The SMILES string of the molecule is CN(C)c1ccc(/C=C/C=C2/NC(=O)N(c3cccc(Cl)c3)C2=O)cc1. The van der Waals surface area contributed by atoms with E-state index < -0.39 is 11.9 Å². The summed E-state index contributed by atoms with van der Waals surface area (Å²) < 4.78 is 0. The van der Waals surface area contributed by atoms with Gasteiger partial charge in [0.15, 0.2) is 0 Å². The van der Waals surface area contributed by atoms with Crippen molar-refractivity contribution in [2.45, 2.75) is 0 Å². The molecule has 0 atom stereocenters. The molecule has 0 unspecified atom stereocenters. The molecule has 2 aromatic carbocycles. The summed E-state index contributed by atoms with van der Waals surface area (Å²) in [7, 11) is 3.96. The van der Waals surface area contributed by atoms with E-state index in [0.29, 0.717) is 10.7 Å². The highest BCUT2D eigenvalue weighted by Crippen LogP contribution is 2.24. The van der Waals surface area contributed by atoms with Crippen molar-refractivity contribution in [2.24, 2.45) is 0 Å². The van der Waals surface area contributed by atoms with Gasteiger partial charge in [-0.15, -0.1) is 0 Å². The monoisotopic (exact) mass is 367 g/mol. The van der Waals surface area contributed by atoms with Gasteiger partial charge in [0.05, 0.1) is 5.69 Å². The van der Waals surface area contributed by atoms with Crippen LogP contribution in [0.1, 0.15) is 5.56 Å². The minimum absolute atomic E-state index is 0.219. The van der Waals surface area contributed by atoms with E-state index in [-0.39, 0.29) is 5.70 Å². The summed E-state index contributed by atoms with van der Waals surface area (Å²) in [5.74, 6) is -0.412. The molecule has 1 aliphatic rings. The maximum atomic E-state index is 12.5. The van der Waals surface area contributed by atoms with E-state index in [9.17, 15) is 9.59 Å². The average molecular weight is 368 g/mol. The van der Waals surface area contributed by atoms with E-state index in [1.54, 1.807) is 36.4 Å². The van der Waals surface area contributed by atoms with Crippen LogP contribution in [0.3, 0.4) is 0 Å². The average Bonchev–Trinajstić information content (AvgIpc) is 2.89. The van der Waals surface area contributed by atoms with Crippen LogP contribution < -0.4 is 15.1 Å². The second kappa shape index (κ2) is 7.45. The van der Waals surface area contributed by atoms with Crippen LogP contribution in [0.25, 0.3) is 6.08 Å². The smallest absolute Gasteiger partial charge is 0.333 e. The fourth-order valence-corrected chi connectivity index (χ4v) is 2.72. The van der Waals surface area contributed by atoms with Gasteiger partial charge in [0.1, 0.15) is 5.70 Å². The van der Waals surface area contributed by atoms with Crippen LogP contribution in [0.4, 0.5) is 16.2 Å². The van der Waals surface area contributed by atoms with Crippen LogP contribution in [0.2, 0.25) is 5.02 Å². The van der Waals surface area contributed by atoms with Crippen molar-refractivity contribution in [3.63, 3.8) is 0 Å². The number of nitrogens with one attached hydrogen (secondary N) is 1. The third-order valence-electron chi connectivity index (χ3n) is 3.91. The molecule has 0 aromatic heterocycles. The van der Waals surface area contributed by atoms with Gasteiger partial charge in [-0.25, -0.2) is 9.69 Å². The van der Waals surface area contributed by atoms with Gasteiger partial charge in [0.25, 0.3) is 5.91 Å². The zero-order chi connectivity index (χ0) is 18.7. The normalized spacial score (nSPS) is 15.8. The lowest BCUT2D eigenvalue weighted by molar-refractivity contribution is -0.113. The highest BCUT2D eigenvalue weighted by molar-refractivity contribution is 6.32. The summed E-state index contributed by atoms with van der Waals surface area (Å²) in [5.41, 5.74) is 2.76. The first-order chi connectivity index (χ1) is 12.5. The van der Waals surface area contributed by atoms with E-state index >= 15 is 0 Å². The van der Waals surface area contributed by atoms with Crippen molar-refractivity contribution in [3.05, 3.63) is 77.0 Å². The van der Waals surface area contributed by atoms with Gasteiger partial charge < -0.3 is 10.2 Å². The summed E-state index contributed by atoms with van der Waals surface area (Å²) in [4.78, 5) is 27.7. The van der Waals surface area contributed by atoms with Crippen LogP contribution >= 0.6 is 11.6 Å². The number of allylic oxidation sites excluding steroid dienone is 2. The highest BCUT2D eigenvalue weighted by Gasteiger charge is 2.34. The van der Waals surface area contributed by atoms with E-state index in [0.717, 1.165) is 16.2 Å². The summed E-state index contributed by atoms with van der Waals surface area (Å²) >= 11 is 5.94. The first kappa shape index (κ1) is 17.8. The van der Waals surface area contributed by atoms with E-state index in [2.05, 4.69) is 5.32 Å². The number of hydrogen-bond donors (Lipinski definition) is 1. The van der Waals surface area contributed by atoms with Crippen molar-refractivity contribution < 1.29 is 9.59 Å². The Hall–Kier alpha value is -3.05. The molecule has 1 fully saturated rings. The molecule has 1 aliphatic heterocycles. The van der Waals surface area contributed by atoms with Crippen molar-refractivity contribution in [1.29, 1.82) is 0 Å². The molecule has 3 amide bonds. The second-order valence-corrected chi connectivity index (χ2v) is 6.41. The molecule has 0 radical (unpaired) electrons. The van der Waals surface area contributed by atoms with Gasteiger partial charge in [0, 0.05) is 24.8 Å². The minimum atomic E-state index is -0.493. The topological polar surface area (TPSA) is 52.7 Å². The van der Waals surface area contributed by atoms with Crippen LogP contribution in [0.5, 0.6) is 0 Å². The number of anilines is 2. The maximum absolute atomic E-state index is 12.5. The molecular formula is C20H18ClN3O2. The quantitative estimate of drug-likeness (QED) is 0.655. The lowest BCUT2D eigenvalue weighted by Crippen LogP contribution is -2.30. The zero-order valence-corrected chi connectivity index (χ0v) is 15.2. The van der Waals surface area contributed by atoms with Gasteiger partial charge in [-0.2, -0.15) is 0 Å². The van der Waals surface area contributed by atoms with Gasteiger partial charge in [-0.1, -0.05) is 42.0 Å². The Morgan fingerprint density at radius 2 is 1.81 bits per heavy atom. The molecule has 0 spiro atoms. The number of urea groups is 1. The molecule has 6 heteroatoms. The number of halogens is 1. The minimum Gasteiger partial charge on any atom is -0.378 e. The molecule has 3 rings (SSSR count). The van der Waals surface area contributed by atoms with Crippen molar-refractivity contribution in [3.8, 4) is 0 Å². The molecule has 0 bridgehead atoms. The van der Waals surface area contributed by atoms with Gasteiger partial charge >= 0.3 is 6.03 Å². The van der Waals surface area contributed by atoms with E-state index in [1.807, 2.05) is 49.3 Å². The number of amides is 3. The van der Waals surface area contributed by atoms with Gasteiger partial charge in [-0.3, -0.25) is 4.79 Å². The molecule has 132 valence electrons. The summed E-state index contributed by atoms with van der Waals surface area (Å²) in [6, 6.07) is 14.1. The summed E-state index contributed by atoms with van der Waals surface area (Å²) in [6.45, 7) is 0. The predicted molar refractivity (Wildman–Crippen MR) is 105 cm³/mol. The number of benzene rings is 2. The van der Waals surface area contributed by atoms with Crippen molar-refractivity contribution in [1.82, 2.24) is 5.32 Å². The summed E-state index contributed by atoms with van der Waals surface area (Å²) in [5, 5.41) is 3.04. The number of carbonyl (C=O) groups excluding carboxylic acids is 2. The molecule has 0 aliphatic carbocycles. The molecular weight excluding hydrogens is 350 g/mol. The maximum Gasteiger partial charge on any atom is 0.333 e. The van der Waals surface area contributed by atoms with Gasteiger partial charge in [0.2, 0.25) is 0 Å². The molecule has 5 nitrogen and oxygen atoms in total. The Morgan fingerprint density at radius 1 is 1.08 bits per heavy atom. The molecule has 0 saturated carbocycles. The third kappa shape index (κ3) is 3.78. The van der Waals surface area contributed by atoms with Crippen LogP contribution in [0, 0.1) is 0 Å². The zero-order valence-electron chi connectivity index (χ0n) is 14.4. The number of hydrogen-bond acceptors (Lipinski definition) is 3. The Bertz CT molecular complexity index is 902. The third-order valence-corrected chi connectivity index (χ3v) is 4.14. The highest BCUT2D eigenvalue weighted by atomic mass is 35.5. The lowest BCUT2D eigenvalue weighted by Gasteiger charge is -2.11. The van der Waals surface area contributed by atoms with E-state index in [1.165, 1.54) is 0 Å². The van der Waals surface area contributed by atoms with Gasteiger partial charge in [-0.05, 0) is 42.0 Å². The molecule has 1 heterocycles.